The first-order valence-electron chi connectivity index (χ1n) is 4.80. The number of nitrogens with one attached hydrogen (secondary N) is 1. The molecule has 4 N–H and O–H groups in total. The van der Waals surface area contributed by atoms with Crippen LogP contribution in [0.25, 0.3) is 0 Å². The zero-order valence-electron chi connectivity index (χ0n) is 9.23. The summed E-state index contributed by atoms with van der Waals surface area (Å²) in [6.45, 7) is 2.37. The van der Waals surface area contributed by atoms with Crippen molar-refractivity contribution in [1.82, 2.24) is 4.98 Å². The standard InChI is InChI=1S/C10H15N3O3/c1-6(5-16-2)12-9-7(11)3-4-8(13-9)10(14)15/h3-4,6H,5,11H2,1-2H3,(H,12,13)(H,14,15). The summed E-state index contributed by atoms with van der Waals surface area (Å²) in [4.78, 5) is 14.6. The van der Waals surface area contributed by atoms with Crippen LogP contribution in [0.4, 0.5) is 11.5 Å². The largest absolute Gasteiger partial charge is 0.477 e. The first-order chi connectivity index (χ1) is 7.54. The number of nitrogen functional groups attached to an aromatic ring is 1. The zero-order valence-corrected chi connectivity index (χ0v) is 9.23. The van der Waals surface area contributed by atoms with E-state index < -0.39 is 5.97 Å². The number of carbonyl (C=O) groups is 1. The third-order valence-corrected chi connectivity index (χ3v) is 1.95. The molecule has 6 heteroatoms. The van der Waals surface area contributed by atoms with E-state index in [4.69, 9.17) is 15.6 Å². The Hall–Kier alpha value is -1.82. The maximum absolute atomic E-state index is 10.7. The van der Waals surface area contributed by atoms with E-state index in [1.165, 1.54) is 12.1 Å². The molecule has 16 heavy (non-hydrogen) atoms. The van der Waals surface area contributed by atoms with E-state index >= 15 is 0 Å². The van der Waals surface area contributed by atoms with Gasteiger partial charge in [0.05, 0.1) is 12.3 Å². The van der Waals surface area contributed by atoms with Crippen molar-refractivity contribution in [3.8, 4) is 0 Å². The zero-order chi connectivity index (χ0) is 12.1. The van der Waals surface area contributed by atoms with Gasteiger partial charge in [0, 0.05) is 13.2 Å². The number of aromatic carboxylic acids is 1. The monoisotopic (exact) mass is 225 g/mol. The van der Waals surface area contributed by atoms with Crippen LogP contribution in [0.3, 0.4) is 0 Å². The molecule has 1 unspecified atom stereocenters. The van der Waals surface area contributed by atoms with Gasteiger partial charge in [-0.2, -0.15) is 0 Å². The summed E-state index contributed by atoms with van der Waals surface area (Å²) in [6.07, 6.45) is 0. The highest BCUT2D eigenvalue weighted by molar-refractivity contribution is 5.86. The summed E-state index contributed by atoms with van der Waals surface area (Å²) in [5.74, 6) is -0.716. The van der Waals surface area contributed by atoms with Crippen molar-refractivity contribution >= 4 is 17.5 Å². The molecule has 0 aromatic carbocycles. The predicted octanol–water partition coefficient (Wildman–Crippen LogP) is 0.809. The molecular formula is C10H15N3O3. The fourth-order valence-electron chi connectivity index (χ4n) is 1.23. The molecule has 0 aliphatic carbocycles. The second kappa shape index (κ2) is 5.32. The maximum Gasteiger partial charge on any atom is 0.354 e. The molecule has 0 fully saturated rings. The Labute approximate surface area is 93.4 Å². The lowest BCUT2D eigenvalue weighted by atomic mass is 10.3. The summed E-state index contributed by atoms with van der Waals surface area (Å²) in [5, 5.41) is 11.8. The minimum atomic E-state index is -1.08. The third-order valence-electron chi connectivity index (χ3n) is 1.95. The van der Waals surface area contributed by atoms with Crippen LogP contribution in [0, 0.1) is 0 Å². The summed E-state index contributed by atoms with van der Waals surface area (Å²) < 4.78 is 4.95. The molecule has 1 aromatic rings. The van der Waals surface area contributed by atoms with E-state index in [1.54, 1.807) is 7.11 Å². The number of carboxylic acids is 1. The van der Waals surface area contributed by atoms with E-state index in [2.05, 4.69) is 10.3 Å². The summed E-state index contributed by atoms with van der Waals surface area (Å²) in [5.41, 5.74) is 6.04. The Kier molecular flexibility index (Phi) is 4.07. The molecule has 1 rings (SSSR count). The van der Waals surface area contributed by atoms with E-state index in [1.807, 2.05) is 6.92 Å². The second-order valence-electron chi connectivity index (χ2n) is 3.44. The van der Waals surface area contributed by atoms with Gasteiger partial charge in [-0.25, -0.2) is 9.78 Å². The maximum atomic E-state index is 10.7. The molecule has 0 saturated carbocycles. The van der Waals surface area contributed by atoms with Crippen LogP contribution in [0.2, 0.25) is 0 Å². The van der Waals surface area contributed by atoms with Gasteiger partial charge in [0.15, 0.2) is 5.69 Å². The lowest BCUT2D eigenvalue weighted by Gasteiger charge is -2.15. The lowest BCUT2D eigenvalue weighted by Crippen LogP contribution is -2.22. The molecule has 0 spiro atoms. The number of anilines is 2. The normalized spacial score (nSPS) is 12.1. The van der Waals surface area contributed by atoms with Gasteiger partial charge in [0.25, 0.3) is 0 Å². The number of methoxy groups -OCH3 is 1. The van der Waals surface area contributed by atoms with Crippen LogP contribution >= 0.6 is 0 Å². The van der Waals surface area contributed by atoms with Crippen LogP contribution in [-0.4, -0.2) is 35.8 Å². The average molecular weight is 225 g/mol. The third kappa shape index (κ3) is 3.09. The molecule has 6 nitrogen and oxygen atoms in total. The molecular weight excluding hydrogens is 210 g/mol. The fourth-order valence-corrected chi connectivity index (χ4v) is 1.23. The summed E-state index contributed by atoms with van der Waals surface area (Å²) in [6, 6.07) is 2.88. The number of carboxylic acid groups (broad SMARTS) is 1. The van der Waals surface area contributed by atoms with Gasteiger partial charge in [0.2, 0.25) is 0 Å². The van der Waals surface area contributed by atoms with E-state index in [-0.39, 0.29) is 11.7 Å². The van der Waals surface area contributed by atoms with Crippen LogP contribution < -0.4 is 11.1 Å². The van der Waals surface area contributed by atoms with Crippen molar-refractivity contribution in [2.75, 3.05) is 24.8 Å². The predicted molar refractivity (Wildman–Crippen MR) is 60.6 cm³/mol. The van der Waals surface area contributed by atoms with Gasteiger partial charge in [0.1, 0.15) is 5.82 Å². The number of aromatic nitrogens is 1. The molecule has 0 aliphatic rings. The molecule has 0 aliphatic heterocycles. The van der Waals surface area contributed by atoms with Crippen LogP contribution in [-0.2, 0) is 4.74 Å². The highest BCUT2D eigenvalue weighted by Crippen LogP contribution is 2.16. The van der Waals surface area contributed by atoms with Gasteiger partial charge < -0.3 is 20.9 Å². The topological polar surface area (TPSA) is 97.5 Å². The summed E-state index contributed by atoms with van der Waals surface area (Å²) in [7, 11) is 1.59. The van der Waals surface area contributed by atoms with Crippen molar-refractivity contribution in [3.05, 3.63) is 17.8 Å². The van der Waals surface area contributed by atoms with Gasteiger partial charge in [-0.05, 0) is 19.1 Å². The van der Waals surface area contributed by atoms with Crippen molar-refractivity contribution < 1.29 is 14.6 Å². The molecule has 0 radical (unpaired) electrons. The average Bonchev–Trinajstić information content (AvgIpc) is 2.21. The lowest BCUT2D eigenvalue weighted by molar-refractivity contribution is 0.0690. The number of rotatable bonds is 5. The Balaban J connectivity index is 2.85. The van der Waals surface area contributed by atoms with Crippen molar-refractivity contribution in [1.29, 1.82) is 0 Å². The molecule has 1 heterocycles. The van der Waals surface area contributed by atoms with Crippen LogP contribution in [0.5, 0.6) is 0 Å². The Bertz CT molecular complexity index is 382. The highest BCUT2D eigenvalue weighted by atomic mass is 16.5. The SMILES string of the molecule is COCC(C)Nc1nc(C(=O)O)ccc1N. The van der Waals surface area contributed by atoms with Crippen LogP contribution in [0.1, 0.15) is 17.4 Å². The number of pyridine rings is 1. The molecule has 1 aromatic heterocycles. The second-order valence-corrected chi connectivity index (χ2v) is 3.44. The quantitative estimate of drug-likeness (QED) is 0.686. The molecule has 0 bridgehead atoms. The van der Waals surface area contributed by atoms with Crippen LogP contribution in [0.15, 0.2) is 12.1 Å². The highest BCUT2D eigenvalue weighted by Gasteiger charge is 2.10. The fraction of sp³-hybridized carbons (Fsp3) is 0.400. The van der Waals surface area contributed by atoms with Gasteiger partial charge in [-0.1, -0.05) is 0 Å². The molecule has 0 saturated heterocycles. The Morgan fingerprint density at radius 2 is 2.38 bits per heavy atom. The number of nitrogens with zero attached hydrogens (tertiary/aromatic N) is 1. The van der Waals surface area contributed by atoms with Crippen molar-refractivity contribution in [2.45, 2.75) is 13.0 Å². The first-order valence-corrected chi connectivity index (χ1v) is 4.80. The summed E-state index contributed by atoms with van der Waals surface area (Å²) >= 11 is 0. The molecule has 0 amide bonds. The number of hydrogen-bond donors (Lipinski definition) is 3. The number of ether oxygens (including phenoxy) is 1. The van der Waals surface area contributed by atoms with Gasteiger partial charge in [-0.3, -0.25) is 0 Å². The Morgan fingerprint density at radius 1 is 1.69 bits per heavy atom. The number of hydrogen-bond acceptors (Lipinski definition) is 5. The Morgan fingerprint density at radius 3 is 2.94 bits per heavy atom. The molecule has 1 atom stereocenters. The minimum absolute atomic E-state index is 0.00356. The minimum Gasteiger partial charge on any atom is -0.477 e. The first kappa shape index (κ1) is 12.3. The molecule has 88 valence electrons. The number of nitrogens with two attached hydrogens (primary N) is 1. The van der Waals surface area contributed by atoms with E-state index in [9.17, 15) is 4.79 Å². The van der Waals surface area contributed by atoms with Gasteiger partial charge >= 0.3 is 5.97 Å². The van der Waals surface area contributed by atoms with Crippen molar-refractivity contribution in [3.63, 3.8) is 0 Å². The van der Waals surface area contributed by atoms with E-state index in [0.717, 1.165) is 0 Å². The van der Waals surface area contributed by atoms with Crippen molar-refractivity contribution in [2.24, 2.45) is 0 Å². The smallest absolute Gasteiger partial charge is 0.354 e. The van der Waals surface area contributed by atoms with E-state index in [0.29, 0.717) is 18.1 Å². The van der Waals surface area contributed by atoms with Gasteiger partial charge in [-0.15, -0.1) is 0 Å².